The van der Waals surface area contributed by atoms with E-state index in [4.69, 9.17) is 4.74 Å². The maximum atomic E-state index is 13.0. The zero-order valence-electron chi connectivity index (χ0n) is 17.1. The normalized spacial score (nSPS) is 21.4. The maximum absolute atomic E-state index is 13.0. The van der Waals surface area contributed by atoms with Crippen molar-refractivity contribution in [3.8, 4) is 0 Å². The highest BCUT2D eigenvalue weighted by Crippen LogP contribution is 2.41. The smallest absolute Gasteiger partial charge is 0.309 e. The number of amides is 3. The van der Waals surface area contributed by atoms with Crippen molar-refractivity contribution in [3.63, 3.8) is 0 Å². The van der Waals surface area contributed by atoms with E-state index >= 15 is 0 Å². The van der Waals surface area contributed by atoms with Gasteiger partial charge in [-0.1, -0.05) is 18.2 Å². The molecule has 1 aliphatic carbocycles. The first-order valence-corrected chi connectivity index (χ1v) is 10.6. The number of carbonyl (C=O) groups excluding carboxylic acids is 4. The van der Waals surface area contributed by atoms with Gasteiger partial charge in [0.15, 0.2) is 0 Å². The van der Waals surface area contributed by atoms with E-state index in [1.54, 1.807) is 28.9 Å². The van der Waals surface area contributed by atoms with Gasteiger partial charge in [0, 0.05) is 24.7 Å². The lowest BCUT2D eigenvalue weighted by atomic mass is 9.97. The molecule has 0 aromatic heterocycles. The van der Waals surface area contributed by atoms with E-state index < -0.39 is 6.04 Å². The van der Waals surface area contributed by atoms with Crippen LogP contribution in [-0.2, 0) is 19.1 Å². The lowest BCUT2D eigenvalue weighted by molar-refractivity contribution is -0.151. The first-order chi connectivity index (χ1) is 14.5. The van der Waals surface area contributed by atoms with E-state index in [9.17, 15) is 19.2 Å². The van der Waals surface area contributed by atoms with E-state index in [1.807, 2.05) is 12.1 Å². The number of rotatable bonds is 6. The molecule has 2 heterocycles. The monoisotopic (exact) mass is 413 g/mol. The summed E-state index contributed by atoms with van der Waals surface area (Å²) in [6.07, 6.45) is 2.94. The van der Waals surface area contributed by atoms with Crippen LogP contribution in [0.2, 0.25) is 0 Å². The summed E-state index contributed by atoms with van der Waals surface area (Å²) in [6.45, 7) is 2.96. The van der Waals surface area contributed by atoms with Crippen LogP contribution in [-0.4, -0.2) is 65.8 Å². The third-order valence-corrected chi connectivity index (χ3v) is 6.07. The number of hydrogen-bond acceptors (Lipinski definition) is 5. The number of nitrogens with one attached hydrogen (secondary N) is 1. The van der Waals surface area contributed by atoms with Crippen LogP contribution in [0.4, 0.5) is 0 Å². The van der Waals surface area contributed by atoms with Gasteiger partial charge in [0.25, 0.3) is 5.91 Å². The second-order valence-electron chi connectivity index (χ2n) is 8.06. The van der Waals surface area contributed by atoms with Crippen LogP contribution in [0.3, 0.4) is 0 Å². The molecule has 1 saturated heterocycles. The number of carbonyl (C=O) groups is 4. The summed E-state index contributed by atoms with van der Waals surface area (Å²) in [4.78, 5) is 53.4. The van der Waals surface area contributed by atoms with E-state index in [0.29, 0.717) is 43.7 Å². The summed E-state index contributed by atoms with van der Waals surface area (Å²) in [7, 11) is 0. The molecule has 0 bridgehead atoms. The molecule has 1 N–H and O–H groups in total. The molecule has 1 saturated carbocycles. The maximum Gasteiger partial charge on any atom is 0.309 e. The highest BCUT2D eigenvalue weighted by molar-refractivity contribution is 6.05. The van der Waals surface area contributed by atoms with Gasteiger partial charge in [-0.15, -0.1) is 0 Å². The molecule has 1 aromatic rings. The van der Waals surface area contributed by atoms with Crippen LogP contribution < -0.4 is 5.32 Å². The molecule has 4 rings (SSSR count). The summed E-state index contributed by atoms with van der Waals surface area (Å²) >= 11 is 0. The van der Waals surface area contributed by atoms with E-state index in [0.717, 1.165) is 12.8 Å². The molecule has 8 nitrogen and oxygen atoms in total. The molecule has 2 fully saturated rings. The van der Waals surface area contributed by atoms with Gasteiger partial charge in [0.05, 0.1) is 19.1 Å². The van der Waals surface area contributed by atoms with Crippen LogP contribution >= 0.6 is 0 Å². The Hall–Kier alpha value is -2.90. The molecule has 0 spiro atoms. The van der Waals surface area contributed by atoms with E-state index in [1.165, 1.54) is 0 Å². The van der Waals surface area contributed by atoms with Crippen LogP contribution in [0, 0.1) is 5.92 Å². The summed E-state index contributed by atoms with van der Waals surface area (Å²) in [6, 6.07) is 6.59. The number of hydrogen-bond donors (Lipinski definition) is 1. The lowest BCUT2D eigenvalue weighted by Gasteiger charge is -2.31. The van der Waals surface area contributed by atoms with Gasteiger partial charge in [-0.25, -0.2) is 0 Å². The summed E-state index contributed by atoms with van der Waals surface area (Å²) in [5.74, 6) is -0.990. The Kier molecular flexibility index (Phi) is 5.74. The Morgan fingerprint density at radius 2 is 1.80 bits per heavy atom. The van der Waals surface area contributed by atoms with Crippen LogP contribution in [0.1, 0.15) is 54.6 Å². The van der Waals surface area contributed by atoms with E-state index in [-0.39, 0.29) is 42.2 Å². The van der Waals surface area contributed by atoms with Gasteiger partial charge in [-0.3, -0.25) is 19.2 Å². The summed E-state index contributed by atoms with van der Waals surface area (Å²) < 4.78 is 5.05. The van der Waals surface area contributed by atoms with Gasteiger partial charge in [0.2, 0.25) is 11.8 Å². The molecular weight excluding hydrogens is 386 g/mol. The first kappa shape index (κ1) is 20.4. The van der Waals surface area contributed by atoms with Gasteiger partial charge >= 0.3 is 5.97 Å². The van der Waals surface area contributed by atoms with Crippen molar-refractivity contribution in [1.29, 1.82) is 0 Å². The predicted octanol–water partition coefficient (Wildman–Crippen LogP) is 1.26. The van der Waals surface area contributed by atoms with Crippen molar-refractivity contribution in [2.24, 2.45) is 5.92 Å². The Balaban J connectivity index is 1.34. The van der Waals surface area contributed by atoms with Crippen molar-refractivity contribution in [3.05, 3.63) is 35.4 Å². The minimum Gasteiger partial charge on any atom is -0.466 e. The van der Waals surface area contributed by atoms with Crippen LogP contribution in [0.15, 0.2) is 24.3 Å². The van der Waals surface area contributed by atoms with Crippen molar-refractivity contribution in [2.45, 2.75) is 44.7 Å². The number of piperidine rings is 1. The zero-order valence-corrected chi connectivity index (χ0v) is 17.1. The second kappa shape index (κ2) is 8.45. The fraction of sp³-hybridized carbons (Fsp3) is 0.545. The molecule has 3 aliphatic rings. The van der Waals surface area contributed by atoms with Crippen molar-refractivity contribution >= 4 is 23.7 Å². The number of fused-ring (bicyclic) bond motifs is 1. The lowest BCUT2D eigenvalue weighted by Crippen LogP contribution is -2.47. The molecule has 8 heteroatoms. The van der Waals surface area contributed by atoms with Gasteiger partial charge in [-0.2, -0.15) is 0 Å². The van der Waals surface area contributed by atoms with Crippen LogP contribution in [0.5, 0.6) is 0 Å². The minimum absolute atomic E-state index is 0.0956. The molecule has 0 radical (unpaired) electrons. The standard InChI is InChI=1S/C22H27N3O5/c1-2-30-22(29)14-9-11-24(12-10-14)18(26)13-23-20(27)19-16-5-3-4-6-17(16)21(28)25(19)15-7-8-15/h3-6,14-15,19H,2,7-13H2,1H3,(H,23,27). The first-order valence-electron chi connectivity index (χ1n) is 10.6. The molecule has 1 atom stereocenters. The van der Waals surface area contributed by atoms with E-state index in [2.05, 4.69) is 5.32 Å². The number of likely N-dealkylation sites (tertiary alicyclic amines) is 1. The highest BCUT2D eigenvalue weighted by atomic mass is 16.5. The highest BCUT2D eigenvalue weighted by Gasteiger charge is 2.47. The zero-order chi connectivity index (χ0) is 21.3. The Morgan fingerprint density at radius 1 is 1.10 bits per heavy atom. The molecule has 1 unspecified atom stereocenters. The Bertz CT molecular complexity index is 858. The van der Waals surface area contributed by atoms with Crippen LogP contribution in [0.25, 0.3) is 0 Å². The van der Waals surface area contributed by atoms with Crippen molar-refractivity contribution in [2.75, 3.05) is 26.2 Å². The third-order valence-electron chi connectivity index (χ3n) is 6.07. The number of benzene rings is 1. The molecule has 2 aliphatic heterocycles. The molecule has 1 aromatic carbocycles. The fourth-order valence-electron chi connectivity index (χ4n) is 4.33. The topological polar surface area (TPSA) is 96.0 Å². The quantitative estimate of drug-likeness (QED) is 0.709. The number of esters is 1. The largest absolute Gasteiger partial charge is 0.466 e. The van der Waals surface area contributed by atoms with Gasteiger partial charge < -0.3 is 19.9 Å². The Morgan fingerprint density at radius 3 is 2.47 bits per heavy atom. The minimum atomic E-state index is -0.677. The number of nitrogens with zero attached hydrogens (tertiary/aromatic N) is 2. The SMILES string of the molecule is CCOC(=O)C1CCN(C(=O)CNC(=O)C2c3ccccc3C(=O)N2C2CC2)CC1. The van der Waals surface area contributed by atoms with Crippen molar-refractivity contribution < 1.29 is 23.9 Å². The molecule has 3 amide bonds. The second-order valence-corrected chi connectivity index (χ2v) is 8.06. The Labute approximate surface area is 175 Å². The average molecular weight is 413 g/mol. The summed E-state index contributed by atoms with van der Waals surface area (Å²) in [5, 5.41) is 2.73. The average Bonchev–Trinajstić information content (AvgIpc) is 3.56. The molecule has 30 heavy (non-hydrogen) atoms. The predicted molar refractivity (Wildman–Crippen MR) is 107 cm³/mol. The summed E-state index contributed by atoms with van der Waals surface area (Å²) in [5.41, 5.74) is 1.27. The molecular formula is C22H27N3O5. The van der Waals surface area contributed by atoms with Gasteiger partial charge in [-0.05, 0) is 44.2 Å². The number of ether oxygens (including phenoxy) is 1. The van der Waals surface area contributed by atoms with Crippen molar-refractivity contribution in [1.82, 2.24) is 15.1 Å². The fourth-order valence-corrected chi connectivity index (χ4v) is 4.33. The third kappa shape index (κ3) is 3.91. The molecule has 160 valence electrons. The van der Waals surface area contributed by atoms with Gasteiger partial charge in [0.1, 0.15) is 6.04 Å².